The summed E-state index contributed by atoms with van der Waals surface area (Å²) in [7, 11) is 0. The van der Waals surface area contributed by atoms with Crippen LogP contribution < -0.4 is 9.47 Å². The summed E-state index contributed by atoms with van der Waals surface area (Å²) in [5.74, 6) is -0.167. The Morgan fingerprint density at radius 3 is 2.33 bits per heavy atom. The molecule has 0 fully saturated rings. The van der Waals surface area contributed by atoms with Gasteiger partial charge in [0, 0.05) is 39.7 Å². The van der Waals surface area contributed by atoms with Crippen LogP contribution in [-0.4, -0.2) is 26.8 Å². The van der Waals surface area contributed by atoms with Crippen LogP contribution in [0.4, 0.5) is 5.69 Å². The van der Waals surface area contributed by atoms with E-state index in [1.807, 2.05) is 24.3 Å². The van der Waals surface area contributed by atoms with Gasteiger partial charge in [-0.15, -0.1) is 0 Å². The number of non-ortho nitro benzene ring substituents is 1. The Bertz CT molecular complexity index is 1450. The Morgan fingerprint density at radius 1 is 1.10 bits per heavy atom. The van der Waals surface area contributed by atoms with Crippen LogP contribution in [0.2, 0.25) is 0 Å². The zero-order valence-corrected chi connectivity index (χ0v) is 24.7. The third-order valence-corrected chi connectivity index (χ3v) is 8.07. The first kappa shape index (κ1) is 28.5. The molecule has 1 unspecified atom stereocenters. The number of benzene rings is 2. The van der Waals surface area contributed by atoms with Crippen molar-refractivity contribution in [2.24, 2.45) is 0 Å². The SMILES string of the molecule is C=C(C)C(=O)OCc1cc([N+](=O)[O-])cc2c1OC1(C=C2)C(C)(C)c2ccc(OC(=O)C(C)(C)Br)cc2C1(C)C. The number of carbonyl (C=O) groups is 2. The van der Waals surface area contributed by atoms with Gasteiger partial charge >= 0.3 is 11.9 Å². The minimum Gasteiger partial charge on any atom is -0.480 e. The van der Waals surface area contributed by atoms with Crippen molar-refractivity contribution < 1.29 is 28.7 Å². The third-order valence-electron chi connectivity index (χ3n) is 7.75. The lowest BCUT2D eigenvalue weighted by Crippen LogP contribution is -2.58. The fourth-order valence-electron chi connectivity index (χ4n) is 5.56. The van der Waals surface area contributed by atoms with Gasteiger partial charge in [-0.1, -0.05) is 62.3 Å². The molecule has 0 radical (unpaired) electrons. The zero-order chi connectivity index (χ0) is 29.1. The van der Waals surface area contributed by atoms with Crippen LogP contribution in [0.1, 0.15) is 70.7 Å². The van der Waals surface area contributed by atoms with Crippen LogP contribution in [0.3, 0.4) is 0 Å². The maximum absolute atomic E-state index is 12.5. The average Bonchev–Trinajstić information content (AvgIpc) is 2.96. The van der Waals surface area contributed by atoms with Crippen LogP contribution in [0, 0.1) is 10.1 Å². The molecule has 1 spiro atoms. The Morgan fingerprint density at radius 2 is 1.74 bits per heavy atom. The second kappa shape index (κ2) is 9.33. The van der Waals surface area contributed by atoms with Gasteiger partial charge in [-0.05, 0) is 50.1 Å². The third kappa shape index (κ3) is 4.56. The van der Waals surface area contributed by atoms with E-state index in [1.54, 1.807) is 19.9 Å². The molecule has 4 rings (SSSR count). The zero-order valence-electron chi connectivity index (χ0n) is 23.1. The summed E-state index contributed by atoms with van der Waals surface area (Å²) in [6.45, 7) is 16.6. The molecule has 9 heteroatoms. The molecule has 1 atom stereocenters. The number of alkyl halides is 1. The first-order valence-electron chi connectivity index (χ1n) is 12.5. The molecule has 2 aromatic carbocycles. The molecule has 1 heterocycles. The number of rotatable bonds is 6. The molecule has 0 saturated carbocycles. The van der Waals surface area contributed by atoms with E-state index < -0.39 is 37.6 Å². The summed E-state index contributed by atoms with van der Waals surface area (Å²) >= 11 is 3.35. The molecular weight excluding hydrogens is 566 g/mol. The summed E-state index contributed by atoms with van der Waals surface area (Å²) in [4.78, 5) is 35.8. The molecule has 2 aliphatic rings. The molecule has 1 aliphatic heterocycles. The van der Waals surface area contributed by atoms with Gasteiger partial charge in [0.2, 0.25) is 0 Å². The van der Waals surface area contributed by atoms with Crippen molar-refractivity contribution in [2.75, 3.05) is 0 Å². The van der Waals surface area contributed by atoms with Crippen LogP contribution in [0.15, 0.2) is 48.6 Å². The van der Waals surface area contributed by atoms with Crippen LogP contribution >= 0.6 is 15.9 Å². The van der Waals surface area contributed by atoms with Gasteiger partial charge in [-0.25, -0.2) is 4.79 Å². The van der Waals surface area contributed by atoms with E-state index in [0.717, 1.165) is 11.1 Å². The first-order valence-corrected chi connectivity index (χ1v) is 13.3. The van der Waals surface area contributed by atoms with E-state index in [1.165, 1.54) is 19.1 Å². The molecule has 1 aliphatic carbocycles. The minimum absolute atomic E-state index is 0.131. The number of ether oxygens (including phenoxy) is 3. The molecule has 0 aromatic heterocycles. The summed E-state index contributed by atoms with van der Waals surface area (Å²) in [5, 5.41) is 11.6. The van der Waals surface area contributed by atoms with Gasteiger partial charge in [0.05, 0.1) is 4.92 Å². The highest BCUT2D eigenvalue weighted by molar-refractivity contribution is 9.10. The maximum atomic E-state index is 12.5. The molecule has 39 heavy (non-hydrogen) atoms. The van der Waals surface area contributed by atoms with Gasteiger partial charge in [0.1, 0.15) is 28.0 Å². The molecule has 0 saturated heterocycles. The lowest BCUT2D eigenvalue weighted by molar-refractivity contribution is -0.385. The highest BCUT2D eigenvalue weighted by Gasteiger charge is 2.64. The van der Waals surface area contributed by atoms with Crippen LogP contribution in [-0.2, 0) is 31.8 Å². The highest BCUT2D eigenvalue weighted by atomic mass is 79.9. The number of nitro groups is 1. The second-order valence-electron chi connectivity index (χ2n) is 11.6. The van der Waals surface area contributed by atoms with Crippen molar-refractivity contribution >= 4 is 39.6 Å². The molecule has 0 bridgehead atoms. The number of hydrogen-bond donors (Lipinski definition) is 0. The van der Waals surface area contributed by atoms with E-state index >= 15 is 0 Å². The number of nitro benzene ring substituents is 1. The second-order valence-corrected chi connectivity index (χ2v) is 13.6. The minimum atomic E-state index is -0.921. The van der Waals surface area contributed by atoms with E-state index in [0.29, 0.717) is 22.6 Å². The smallest absolute Gasteiger partial charge is 0.333 e. The molecule has 8 nitrogen and oxygen atoms in total. The monoisotopic (exact) mass is 597 g/mol. The molecule has 0 N–H and O–H groups in total. The lowest BCUT2D eigenvalue weighted by atomic mass is 9.64. The van der Waals surface area contributed by atoms with Crippen LogP contribution in [0.25, 0.3) is 6.08 Å². The fraction of sp³-hybridized carbons (Fsp3) is 0.400. The van der Waals surface area contributed by atoms with Gasteiger partial charge in [0.25, 0.3) is 5.69 Å². The number of fused-ring (bicyclic) bond motifs is 2. The van der Waals surface area contributed by atoms with Crippen molar-refractivity contribution in [3.05, 3.63) is 80.9 Å². The normalized spacial score (nSPS) is 20.0. The van der Waals surface area contributed by atoms with E-state index in [9.17, 15) is 19.7 Å². The number of esters is 2. The Balaban J connectivity index is 1.81. The van der Waals surface area contributed by atoms with E-state index in [4.69, 9.17) is 14.2 Å². The number of nitrogens with zero attached hydrogens (tertiary/aromatic N) is 1. The van der Waals surface area contributed by atoms with Crippen molar-refractivity contribution in [1.29, 1.82) is 0 Å². The average molecular weight is 598 g/mol. The van der Waals surface area contributed by atoms with E-state index in [2.05, 4.69) is 50.2 Å². The number of carbonyl (C=O) groups excluding carboxylic acids is 2. The number of hydrogen-bond acceptors (Lipinski definition) is 7. The Labute approximate surface area is 236 Å². The predicted molar refractivity (Wildman–Crippen MR) is 151 cm³/mol. The molecule has 2 aromatic rings. The van der Waals surface area contributed by atoms with Crippen molar-refractivity contribution in [3.8, 4) is 11.5 Å². The van der Waals surface area contributed by atoms with Crippen molar-refractivity contribution in [2.45, 2.75) is 75.8 Å². The lowest BCUT2D eigenvalue weighted by Gasteiger charge is -2.49. The van der Waals surface area contributed by atoms with Crippen molar-refractivity contribution in [1.82, 2.24) is 0 Å². The molecule has 206 valence electrons. The van der Waals surface area contributed by atoms with Gasteiger partial charge in [-0.3, -0.25) is 14.9 Å². The summed E-state index contributed by atoms with van der Waals surface area (Å²) in [5.41, 5.74) is 0.863. The van der Waals surface area contributed by atoms with Crippen LogP contribution in [0.5, 0.6) is 11.5 Å². The predicted octanol–water partition coefficient (Wildman–Crippen LogP) is 6.71. The molecular formula is C30H32BrNO7. The van der Waals surface area contributed by atoms with E-state index in [-0.39, 0.29) is 17.9 Å². The summed E-state index contributed by atoms with van der Waals surface area (Å²) < 4.78 is 17.1. The van der Waals surface area contributed by atoms with Gasteiger partial charge in [-0.2, -0.15) is 0 Å². The standard InChI is InChI=1S/C30H32BrNO7/c1-17(2)25(33)37-16-19-14-20(32(35)36)13-18-11-12-30(39-24(18)19)27(3,4)22-10-9-21(15-23(22)28(30,5)6)38-26(34)29(7,8)31/h9-15H,1,16H2,2-8H3. The summed E-state index contributed by atoms with van der Waals surface area (Å²) in [6.07, 6.45) is 3.79. The largest absolute Gasteiger partial charge is 0.480 e. The molecule has 0 amide bonds. The van der Waals surface area contributed by atoms with Crippen molar-refractivity contribution in [3.63, 3.8) is 0 Å². The quantitative estimate of drug-likeness (QED) is 0.0910. The van der Waals surface area contributed by atoms with Gasteiger partial charge in [0.15, 0.2) is 0 Å². The van der Waals surface area contributed by atoms with Gasteiger partial charge < -0.3 is 14.2 Å². The maximum Gasteiger partial charge on any atom is 0.333 e. The Kier molecular flexibility index (Phi) is 6.83. The topological polar surface area (TPSA) is 105 Å². The Hall–Kier alpha value is -3.46. The first-order chi connectivity index (χ1) is 17.9. The number of halogens is 1. The fourth-order valence-corrected chi connectivity index (χ4v) is 5.64. The highest BCUT2D eigenvalue weighted by Crippen LogP contribution is 2.61. The summed E-state index contributed by atoms with van der Waals surface area (Å²) in [6, 6.07) is 8.43.